The Balaban J connectivity index is 1.51. The summed E-state index contributed by atoms with van der Waals surface area (Å²) in [5.41, 5.74) is 4.14. The molecular formula is C25H24N2O4S. The van der Waals surface area contributed by atoms with Crippen molar-refractivity contribution in [2.75, 3.05) is 30.2 Å². The Kier molecular flexibility index (Phi) is 6.37. The molecule has 32 heavy (non-hydrogen) atoms. The fourth-order valence-corrected chi connectivity index (χ4v) is 4.71. The summed E-state index contributed by atoms with van der Waals surface area (Å²) in [5.74, 6) is 1.36. The Labute approximate surface area is 191 Å². The number of ether oxygens (including phenoxy) is 2. The Morgan fingerprint density at radius 2 is 1.59 bits per heavy atom. The van der Waals surface area contributed by atoms with Crippen LogP contribution in [0.5, 0.6) is 11.5 Å². The monoisotopic (exact) mass is 448 g/mol. The average Bonchev–Trinajstić information content (AvgIpc) is 3.21. The van der Waals surface area contributed by atoms with Gasteiger partial charge in [-0.15, -0.1) is 11.8 Å². The number of carbonyl (C=O) groups is 2. The van der Waals surface area contributed by atoms with Gasteiger partial charge in [0.1, 0.15) is 16.9 Å². The van der Waals surface area contributed by atoms with E-state index in [0.717, 1.165) is 16.8 Å². The molecule has 0 radical (unpaired) electrons. The molecule has 0 bridgehead atoms. The number of aryl methyl sites for hydroxylation is 1. The minimum atomic E-state index is -0.262. The number of methoxy groups -OCH3 is 2. The second-order valence-corrected chi connectivity index (χ2v) is 8.51. The van der Waals surface area contributed by atoms with Gasteiger partial charge in [-0.25, -0.2) is 0 Å². The zero-order valence-corrected chi connectivity index (χ0v) is 18.9. The van der Waals surface area contributed by atoms with Gasteiger partial charge in [0.05, 0.1) is 20.0 Å². The Bertz CT molecular complexity index is 1110. The highest BCUT2D eigenvalue weighted by molar-refractivity contribution is 8.00. The molecule has 1 atom stereocenters. The molecule has 7 heteroatoms. The summed E-state index contributed by atoms with van der Waals surface area (Å²) < 4.78 is 10.5. The van der Waals surface area contributed by atoms with Crippen molar-refractivity contribution in [3.8, 4) is 11.5 Å². The van der Waals surface area contributed by atoms with Crippen molar-refractivity contribution in [2.45, 2.75) is 12.3 Å². The second-order valence-electron chi connectivity index (χ2n) is 7.44. The number of thioether (sulfide) groups is 1. The first-order valence-electron chi connectivity index (χ1n) is 10.1. The molecule has 3 aromatic carbocycles. The largest absolute Gasteiger partial charge is 0.497 e. The van der Waals surface area contributed by atoms with E-state index in [4.69, 9.17) is 9.47 Å². The zero-order chi connectivity index (χ0) is 22.7. The Morgan fingerprint density at radius 1 is 0.969 bits per heavy atom. The van der Waals surface area contributed by atoms with Gasteiger partial charge in [-0.1, -0.05) is 29.8 Å². The van der Waals surface area contributed by atoms with Crippen LogP contribution in [0, 0.1) is 6.92 Å². The standard InChI is InChI=1S/C25H24N2O4S/c1-16-4-10-20(11-5-16)27-23(28)15-32-25(27)17-6-8-19(9-7-17)26-24(29)18-12-21(30-2)14-22(13-18)31-3/h4-14,25H,15H2,1-3H3,(H,26,29)/t25-/m1/s1. The molecule has 164 valence electrons. The number of nitrogens with one attached hydrogen (secondary N) is 1. The lowest BCUT2D eigenvalue weighted by Gasteiger charge is -2.24. The van der Waals surface area contributed by atoms with Crippen molar-refractivity contribution < 1.29 is 19.1 Å². The molecule has 1 saturated heterocycles. The van der Waals surface area contributed by atoms with Gasteiger partial charge in [-0.3, -0.25) is 14.5 Å². The van der Waals surface area contributed by atoms with E-state index in [-0.39, 0.29) is 17.2 Å². The summed E-state index contributed by atoms with van der Waals surface area (Å²) in [7, 11) is 3.09. The number of carbonyl (C=O) groups excluding carboxylic acids is 2. The summed E-state index contributed by atoms with van der Waals surface area (Å²) in [5, 5.41) is 2.80. The van der Waals surface area contributed by atoms with Crippen LogP contribution in [0.1, 0.15) is 26.9 Å². The fraction of sp³-hybridized carbons (Fsp3) is 0.200. The molecule has 2 amide bonds. The normalized spacial score (nSPS) is 15.5. The molecule has 1 heterocycles. The van der Waals surface area contributed by atoms with E-state index in [9.17, 15) is 9.59 Å². The molecule has 0 aliphatic carbocycles. The van der Waals surface area contributed by atoms with Gasteiger partial charge in [-0.05, 0) is 48.9 Å². The van der Waals surface area contributed by atoms with E-state index in [1.807, 2.05) is 60.4 Å². The maximum Gasteiger partial charge on any atom is 0.255 e. The predicted octanol–water partition coefficient (Wildman–Crippen LogP) is 5.04. The first-order valence-corrected chi connectivity index (χ1v) is 11.2. The maximum atomic E-state index is 12.7. The quantitative estimate of drug-likeness (QED) is 0.572. The van der Waals surface area contributed by atoms with E-state index in [2.05, 4.69) is 5.32 Å². The maximum absolute atomic E-state index is 12.7. The van der Waals surface area contributed by atoms with Crippen LogP contribution in [0.25, 0.3) is 0 Å². The van der Waals surface area contributed by atoms with Gasteiger partial charge < -0.3 is 14.8 Å². The van der Waals surface area contributed by atoms with Gasteiger partial charge in [0, 0.05) is 23.0 Å². The van der Waals surface area contributed by atoms with Crippen molar-refractivity contribution in [1.29, 1.82) is 0 Å². The second kappa shape index (κ2) is 9.36. The molecule has 0 spiro atoms. The van der Waals surface area contributed by atoms with Crippen molar-refractivity contribution in [1.82, 2.24) is 0 Å². The minimum absolute atomic E-state index is 0.0909. The van der Waals surface area contributed by atoms with Crippen LogP contribution in [0.15, 0.2) is 66.7 Å². The number of nitrogens with zero attached hydrogens (tertiary/aromatic N) is 1. The number of rotatable bonds is 6. The highest BCUT2D eigenvalue weighted by Gasteiger charge is 2.33. The van der Waals surface area contributed by atoms with E-state index in [0.29, 0.717) is 28.5 Å². The molecule has 1 aliphatic rings. The van der Waals surface area contributed by atoms with Crippen LogP contribution >= 0.6 is 11.8 Å². The third kappa shape index (κ3) is 4.57. The summed E-state index contributed by atoms with van der Waals surface area (Å²) >= 11 is 1.60. The number of hydrogen-bond acceptors (Lipinski definition) is 5. The van der Waals surface area contributed by atoms with Crippen molar-refractivity contribution in [3.05, 3.63) is 83.4 Å². The van der Waals surface area contributed by atoms with Crippen LogP contribution in [-0.4, -0.2) is 31.8 Å². The first-order chi connectivity index (χ1) is 15.5. The molecule has 3 aromatic rings. The number of amides is 2. The zero-order valence-electron chi connectivity index (χ0n) is 18.1. The molecular weight excluding hydrogens is 424 g/mol. The topological polar surface area (TPSA) is 67.9 Å². The molecule has 0 unspecified atom stereocenters. The highest BCUT2D eigenvalue weighted by Crippen LogP contribution is 2.42. The molecule has 6 nitrogen and oxygen atoms in total. The lowest BCUT2D eigenvalue weighted by Crippen LogP contribution is -2.27. The van der Waals surface area contributed by atoms with Crippen LogP contribution in [0.3, 0.4) is 0 Å². The first kappa shape index (κ1) is 21.8. The van der Waals surface area contributed by atoms with Crippen LogP contribution in [0.2, 0.25) is 0 Å². The third-order valence-corrected chi connectivity index (χ3v) is 6.46. The fourth-order valence-electron chi connectivity index (χ4n) is 3.53. The number of benzene rings is 3. The molecule has 1 fully saturated rings. The van der Waals surface area contributed by atoms with E-state index in [1.165, 1.54) is 0 Å². The molecule has 1 N–H and O–H groups in total. The lowest BCUT2D eigenvalue weighted by molar-refractivity contribution is -0.115. The SMILES string of the molecule is COc1cc(OC)cc(C(=O)Nc2ccc([C@H]3SCC(=O)N3c3ccc(C)cc3)cc2)c1. The molecule has 0 saturated carbocycles. The van der Waals surface area contributed by atoms with Crippen LogP contribution in [0.4, 0.5) is 11.4 Å². The predicted molar refractivity (Wildman–Crippen MR) is 128 cm³/mol. The van der Waals surface area contributed by atoms with E-state index in [1.54, 1.807) is 44.2 Å². The lowest BCUT2D eigenvalue weighted by atomic mass is 10.1. The highest BCUT2D eigenvalue weighted by atomic mass is 32.2. The summed E-state index contributed by atoms with van der Waals surface area (Å²) in [6, 6.07) is 20.6. The van der Waals surface area contributed by atoms with Crippen molar-refractivity contribution >= 4 is 35.0 Å². The minimum Gasteiger partial charge on any atom is -0.497 e. The summed E-state index contributed by atoms with van der Waals surface area (Å²) in [6.07, 6.45) is 0. The van der Waals surface area contributed by atoms with Gasteiger partial charge in [0.15, 0.2) is 0 Å². The Morgan fingerprint density at radius 3 is 2.19 bits per heavy atom. The van der Waals surface area contributed by atoms with Crippen LogP contribution in [-0.2, 0) is 4.79 Å². The van der Waals surface area contributed by atoms with Crippen molar-refractivity contribution in [3.63, 3.8) is 0 Å². The summed E-state index contributed by atoms with van der Waals surface area (Å²) in [4.78, 5) is 27.1. The van der Waals surface area contributed by atoms with E-state index < -0.39 is 0 Å². The van der Waals surface area contributed by atoms with Gasteiger partial charge in [-0.2, -0.15) is 0 Å². The van der Waals surface area contributed by atoms with Crippen LogP contribution < -0.4 is 19.7 Å². The molecule has 4 rings (SSSR count). The summed E-state index contributed by atoms with van der Waals surface area (Å²) in [6.45, 7) is 2.02. The number of hydrogen-bond donors (Lipinski definition) is 1. The van der Waals surface area contributed by atoms with E-state index >= 15 is 0 Å². The smallest absolute Gasteiger partial charge is 0.255 e. The average molecular weight is 449 g/mol. The Hall–Kier alpha value is -3.45. The van der Waals surface area contributed by atoms with Gasteiger partial charge >= 0.3 is 0 Å². The third-order valence-electron chi connectivity index (χ3n) is 5.25. The number of anilines is 2. The molecule has 0 aromatic heterocycles. The van der Waals surface area contributed by atoms with Crippen molar-refractivity contribution in [2.24, 2.45) is 0 Å². The van der Waals surface area contributed by atoms with Gasteiger partial charge in [0.2, 0.25) is 5.91 Å². The molecule has 1 aliphatic heterocycles. The van der Waals surface area contributed by atoms with Gasteiger partial charge in [0.25, 0.3) is 5.91 Å².